The average Bonchev–Trinajstić information content (AvgIpc) is 2.94. The number of rotatable bonds is 6. The van der Waals surface area contributed by atoms with Crippen LogP contribution >= 0.6 is 0 Å². The fraction of sp³-hybridized carbons (Fsp3) is 0.250. The Morgan fingerprint density at radius 3 is 2.56 bits per heavy atom. The van der Waals surface area contributed by atoms with E-state index in [1.807, 2.05) is 19.1 Å². The van der Waals surface area contributed by atoms with Crippen molar-refractivity contribution in [2.75, 3.05) is 7.11 Å². The van der Waals surface area contributed by atoms with E-state index < -0.39 is 23.4 Å². The van der Waals surface area contributed by atoms with Crippen molar-refractivity contribution < 1.29 is 19.1 Å². The molecule has 0 spiro atoms. The normalized spacial score (nSPS) is 19.1. The van der Waals surface area contributed by atoms with Gasteiger partial charge >= 0.3 is 6.03 Å². The van der Waals surface area contributed by atoms with Crippen molar-refractivity contribution in [2.24, 2.45) is 0 Å². The summed E-state index contributed by atoms with van der Waals surface area (Å²) in [6.07, 6.45) is 0.358. The second-order valence-electron chi connectivity index (χ2n) is 6.27. The Labute approximate surface area is 157 Å². The van der Waals surface area contributed by atoms with Crippen LogP contribution in [0.2, 0.25) is 0 Å². The van der Waals surface area contributed by atoms with Gasteiger partial charge in [-0.15, -0.1) is 0 Å². The Morgan fingerprint density at radius 1 is 1.15 bits per heavy atom. The molecule has 1 aliphatic heterocycles. The van der Waals surface area contributed by atoms with Gasteiger partial charge in [-0.2, -0.15) is 5.01 Å². The predicted octanol–water partition coefficient (Wildman–Crippen LogP) is 2.34. The number of imide groups is 1. The number of hydrazine groups is 1. The molecule has 7 nitrogen and oxygen atoms in total. The quantitative estimate of drug-likeness (QED) is 0.767. The summed E-state index contributed by atoms with van der Waals surface area (Å²) in [7, 11) is 1.56. The first kappa shape index (κ1) is 18.6. The minimum absolute atomic E-state index is 0.332. The monoisotopic (exact) mass is 367 g/mol. The maximum atomic E-state index is 13.0. The molecule has 3 rings (SSSR count). The number of nitrogens with zero attached hydrogens (tertiary/aromatic N) is 1. The van der Waals surface area contributed by atoms with Crippen LogP contribution in [0.4, 0.5) is 4.79 Å². The van der Waals surface area contributed by atoms with Crippen LogP contribution in [0.1, 0.15) is 34.8 Å². The van der Waals surface area contributed by atoms with Crippen molar-refractivity contribution in [1.29, 1.82) is 0 Å². The molecule has 0 aliphatic carbocycles. The predicted molar refractivity (Wildman–Crippen MR) is 98.4 cm³/mol. The molecule has 140 valence electrons. The van der Waals surface area contributed by atoms with Gasteiger partial charge in [0.1, 0.15) is 5.54 Å². The highest BCUT2D eigenvalue weighted by Crippen LogP contribution is 2.31. The van der Waals surface area contributed by atoms with Crippen LogP contribution in [-0.4, -0.2) is 30.0 Å². The lowest BCUT2D eigenvalue weighted by molar-refractivity contribution is -0.133. The Bertz CT molecular complexity index is 869. The van der Waals surface area contributed by atoms with Gasteiger partial charge in [-0.3, -0.25) is 15.0 Å². The molecule has 1 fully saturated rings. The summed E-state index contributed by atoms with van der Waals surface area (Å²) in [5.74, 6) is -1.06. The fourth-order valence-corrected chi connectivity index (χ4v) is 3.17. The number of ether oxygens (including phenoxy) is 1. The molecule has 1 atom stereocenters. The van der Waals surface area contributed by atoms with E-state index in [0.717, 1.165) is 10.6 Å². The lowest BCUT2D eigenvalue weighted by atomic mass is 9.87. The molecule has 1 heterocycles. The standard InChI is InChI=1S/C20H21N3O4/c1-3-20(16-10-5-4-6-11-16)18(25)23(19(26)21-20)22-17(24)15-9-7-8-14(12-15)13-27-2/h4-12H,3,13H2,1-2H3,(H,21,26)(H,22,24)/t20-/m0/s1. The van der Waals surface area contributed by atoms with Crippen LogP contribution < -0.4 is 10.7 Å². The Hall–Kier alpha value is -3.19. The highest BCUT2D eigenvalue weighted by atomic mass is 16.5. The van der Waals surface area contributed by atoms with E-state index in [0.29, 0.717) is 24.2 Å². The lowest BCUT2D eigenvalue weighted by Crippen LogP contribution is -2.48. The first-order chi connectivity index (χ1) is 13.0. The molecule has 2 N–H and O–H groups in total. The number of carbonyl (C=O) groups is 3. The molecule has 4 amide bonds. The molecular formula is C20H21N3O4. The molecule has 7 heteroatoms. The number of amides is 4. The maximum absolute atomic E-state index is 13.0. The minimum Gasteiger partial charge on any atom is -0.380 e. The zero-order valence-corrected chi connectivity index (χ0v) is 15.2. The van der Waals surface area contributed by atoms with Crippen molar-refractivity contribution in [1.82, 2.24) is 15.8 Å². The van der Waals surface area contributed by atoms with Crippen LogP contribution in [0, 0.1) is 0 Å². The van der Waals surface area contributed by atoms with Crippen molar-refractivity contribution in [3.63, 3.8) is 0 Å². The topological polar surface area (TPSA) is 87.7 Å². The molecule has 1 aliphatic rings. The van der Waals surface area contributed by atoms with Crippen LogP contribution in [-0.2, 0) is 21.7 Å². The van der Waals surface area contributed by atoms with Crippen LogP contribution in [0.3, 0.4) is 0 Å². The molecule has 2 aromatic rings. The first-order valence-electron chi connectivity index (χ1n) is 8.63. The van der Waals surface area contributed by atoms with Crippen molar-refractivity contribution >= 4 is 17.8 Å². The molecule has 2 aromatic carbocycles. The number of benzene rings is 2. The van der Waals surface area contributed by atoms with E-state index in [9.17, 15) is 14.4 Å². The number of methoxy groups -OCH3 is 1. The maximum Gasteiger partial charge on any atom is 0.344 e. The number of hydrogen-bond acceptors (Lipinski definition) is 4. The highest BCUT2D eigenvalue weighted by molar-refractivity contribution is 6.09. The third-order valence-corrected chi connectivity index (χ3v) is 4.60. The molecule has 27 heavy (non-hydrogen) atoms. The Morgan fingerprint density at radius 2 is 1.89 bits per heavy atom. The zero-order valence-electron chi connectivity index (χ0n) is 15.2. The van der Waals surface area contributed by atoms with Crippen LogP contribution in [0.25, 0.3) is 0 Å². The summed E-state index contributed by atoms with van der Waals surface area (Å²) in [6.45, 7) is 2.17. The van der Waals surface area contributed by atoms with E-state index in [1.165, 1.54) is 0 Å². The SMILES string of the molecule is CC[C@@]1(c2ccccc2)NC(=O)N(NC(=O)c2cccc(COC)c2)C1=O. The van der Waals surface area contributed by atoms with Gasteiger partial charge < -0.3 is 10.1 Å². The zero-order chi connectivity index (χ0) is 19.4. The summed E-state index contributed by atoms with van der Waals surface area (Å²) in [4.78, 5) is 38.0. The molecule has 0 saturated carbocycles. The van der Waals surface area contributed by atoms with Gasteiger partial charge in [0.2, 0.25) is 0 Å². The summed E-state index contributed by atoms with van der Waals surface area (Å²) in [6, 6.07) is 15.1. The second kappa shape index (κ2) is 7.59. The van der Waals surface area contributed by atoms with Gasteiger partial charge in [0, 0.05) is 12.7 Å². The summed E-state index contributed by atoms with van der Waals surface area (Å²) >= 11 is 0. The molecule has 0 unspecified atom stereocenters. The van der Waals surface area contributed by atoms with Crippen LogP contribution in [0.5, 0.6) is 0 Å². The third-order valence-electron chi connectivity index (χ3n) is 4.60. The van der Waals surface area contributed by atoms with Gasteiger partial charge in [0.25, 0.3) is 11.8 Å². The van der Waals surface area contributed by atoms with Gasteiger partial charge in [-0.05, 0) is 29.7 Å². The molecule has 1 saturated heterocycles. The van der Waals surface area contributed by atoms with Crippen molar-refractivity contribution in [2.45, 2.75) is 25.5 Å². The number of carbonyl (C=O) groups excluding carboxylic acids is 3. The highest BCUT2D eigenvalue weighted by Gasteiger charge is 2.52. The molecule has 0 radical (unpaired) electrons. The van der Waals surface area contributed by atoms with Gasteiger partial charge in [0.15, 0.2) is 0 Å². The van der Waals surface area contributed by atoms with Gasteiger partial charge in [-0.1, -0.05) is 49.4 Å². The summed E-state index contributed by atoms with van der Waals surface area (Å²) in [5, 5.41) is 3.48. The van der Waals surface area contributed by atoms with E-state index in [4.69, 9.17) is 4.74 Å². The molecule has 0 aromatic heterocycles. The Kier molecular flexibility index (Phi) is 5.23. The van der Waals surface area contributed by atoms with E-state index in [1.54, 1.807) is 49.6 Å². The molecular weight excluding hydrogens is 346 g/mol. The van der Waals surface area contributed by atoms with Gasteiger partial charge in [-0.25, -0.2) is 4.79 Å². The van der Waals surface area contributed by atoms with Crippen LogP contribution in [0.15, 0.2) is 54.6 Å². The van der Waals surface area contributed by atoms with E-state index in [2.05, 4.69) is 10.7 Å². The third kappa shape index (κ3) is 3.41. The van der Waals surface area contributed by atoms with E-state index >= 15 is 0 Å². The smallest absolute Gasteiger partial charge is 0.344 e. The Balaban J connectivity index is 1.83. The second-order valence-corrected chi connectivity index (χ2v) is 6.27. The number of hydrogen-bond donors (Lipinski definition) is 2. The van der Waals surface area contributed by atoms with Gasteiger partial charge in [0.05, 0.1) is 6.61 Å². The summed E-state index contributed by atoms with van der Waals surface area (Å²) < 4.78 is 5.06. The van der Waals surface area contributed by atoms with Crippen molar-refractivity contribution in [3.05, 3.63) is 71.3 Å². The molecule has 0 bridgehead atoms. The van der Waals surface area contributed by atoms with E-state index in [-0.39, 0.29) is 0 Å². The first-order valence-corrected chi connectivity index (χ1v) is 8.63. The van der Waals surface area contributed by atoms with Crippen molar-refractivity contribution in [3.8, 4) is 0 Å². The summed E-state index contributed by atoms with van der Waals surface area (Å²) in [5.41, 5.74) is 3.04. The lowest BCUT2D eigenvalue weighted by Gasteiger charge is -2.25. The largest absolute Gasteiger partial charge is 0.380 e. The number of nitrogens with one attached hydrogen (secondary N) is 2. The fourth-order valence-electron chi connectivity index (χ4n) is 3.17. The average molecular weight is 367 g/mol. The minimum atomic E-state index is -1.19. The number of urea groups is 1.